The second-order valence-corrected chi connectivity index (χ2v) is 9.06. The predicted octanol–water partition coefficient (Wildman–Crippen LogP) is 4.69. The van der Waals surface area contributed by atoms with Crippen molar-refractivity contribution >= 4 is 45.4 Å². The van der Waals surface area contributed by atoms with E-state index in [1.54, 1.807) is 29.2 Å². The Hall–Kier alpha value is -2.93. The van der Waals surface area contributed by atoms with Gasteiger partial charge in [0.05, 0.1) is 17.1 Å². The van der Waals surface area contributed by atoms with Gasteiger partial charge in [0.1, 0.15) is 0 Å². The summed E-state index contributed by atoms with van der Waals surface area (Å²) in [7, 11) is -3.88. The third-order valence-corrected chi connectivity index (χ3v) is 6.28. The Bertz CT molecular complexity index is 1300. The Morgan fingerprint density at radius 2 is 1.73 bits per heavy atom. The van der Waals surface area contributed by atoms with Crippen LogP contribution in [0.2, 0.25) is 5.02 Å². The van der Waals surface area contributed by atoms with Crippen LogP contribution in [-0.4, -0.2) is 14.3 Å². The fourth-order valence-electron chi connectivity index (χ4n) is 3.65. The van der Waals surface area contributed by atoms with E-state index in [2.05, 4.69) is 0 Å². The highest BCUT2D eigenvalue weighted by atomic mass is 35.5. The van der Waals surface area contributed by atoms with Gasteiger partial charge in [0.15, 0.2) is 0 Å². The molecule has 0 saturated heterocycles. The number of sulfonamides is 1. The standard InChI is InChI=1S/C23H19ClN2O3S/c1-15(27)26-14-19-12-17(21-4-2-3-5-23(21)30(25,28)29)8-6-16(19)7-9-18-13-20(24)10-11-22(18)26/h2-13H,14H2,1H3,(H2,25,28,29). The maximum Gasteiger partial charge on any atom is 0.238 e. The molecule has 7 heteroatoms. The Morgan fingerprint density at radius 1 is 1.00 bits per heavy atom. The number of hydrogen-bond acceptors (Lipinski definition) is 3. The molecule has 0 fully saturated rings. The summed E-state index contributed by atoms with van der Waals surface area (Å²) >= 11 is 6.14. The second-order valence-electron chi connectivity index (χ2n) is 7.10. The largest absolute Gasteiger partial charge is 0.308 e. The topological polar surface area (TPSA) is 80.5 Å². The molecule has 2 N–H and O–H groups in total. The number of carbonyl (C=O) groups excluding carboxylic acids is 1. The van der Waals surface area contributed by atoms with Crippen LogP contribution in [-0.2, 0) is 21.4 Å². The third-order valence-electron chi connectivity index (χ3n) is 5.08. The molecule has 0 unspecified atom stereocenters. The predicted molar refractivity (Wildman–Crippen MR) is 120 cm³/mol. The van der Waals surface area contributed by atoms with Gasteiger partial charge in [-0.05, 0) is 52.6 Å². The van der Waals surface area contributed by atoms with E-state index < -0.39 is 10.0 Å². The fourth-order valence-corrected chi connectivity index (χ4v) is 4.59. The number of carbonyl (C=O) groups is 1. The van der Waals surface area contributed by atoms with Crippen LogP contribution in [0.1, 0.15) is 23.6 Å². The summed E-state index contributed by atoms with van der Waals surface area (Å²) < 4.78 is 24.1. The van der Waals surface area contributed by atoms with Crippen molar-refractivity contribution in [3.05, 3.63) is 82.4 Å². The SMILES string of the molecule is CC(=O)N1Cc2cc(-c3ccccc3S(N)(=O)=O)ccc2C=Cc2cc(Cl)ccc21. The van der Waals surface area contributed by atoms with Gasteiger partial charge in [0.2, 0.25) is 15.9 Å². The molecule has 152 valence electrons. The number of anilines is 1. The molecule has 1 heterocycles. The number of hydrogen-bond donors (Lipinski definition) is 1. The zero-order valence-electron chi connectivity index (χ0n) is 16.2. The average molecular weight is 439 g/mol. The highest BCUT2D eigenvalue weighted by Crippen LogP contribution is 2.34. The van der Waals surface area contributed by atoms with Crippen LogP contribution in [0.25, 0.3) is 23.3 Å². The number of halogens is 1. The van der Waals surface area contributed by atoms with Crippen molar-refractivity contribution in [1.29, 1.82) is 0 Å². The second kappa shape index (κ2) is 7.72. The number of nitrogens with zero attached hydrogens (tertiary/aromatic N) is 1. The van der Waals surface area contributed by atoms with Crippen LogP contribution in [0, 0.1) is 0 Å². The number of fused-ring (bicyclic) bond motifs is 2. The Balaban J connectivity index is 1.88. The van der Waals surface area contributed by atoms with Gasteiger partial charge in [-0.15, -0.1) is 0 Å². The lowest BCUT2D eigenvalue weighted by Crippen LogP contribution is -2.29. The van der Waals surface area contributed by atoms with E-state index in [4.69, 9.17) is 16.7 Å². The molecule has 0 saturated carbocycles. The monoisotopic (exact) mass is 438 g/mol. The average Bonchev–Trinajstić information content (AvgIpc) is 2.69. The van der Waals surface area contributed by atoms with Gasteiger partial charge in [-0.25, -0.2) is 13.6 Å². The zero-order chi connectivity index (χ0) is 21.5. The molecule has 0 aliphatic carbocycles. The minimum atomic E-state index is -3.88. The number of rotatable bonds is 2. The fraction of sp³-hybridized carbons (Fsp3) is 0.0870. The molecular formula is C23H19ClN2O3S. The zero-order valence-corrected chi connectivity index (χ0v) is 17.7. The van der Waals surface area contributed by atoms with Crippen molar-refractivity contribution in [2.24, 2.45) is 5.14 Å². The molecule has 0 atom stereocenters. The first-order valence-corrected chi connectivity index (χ1v) is 11.2. The molecule has 1 aliphatic heterocycles. The van der Waals surface area contributed by atoms with Gasteiger partial charge in [-0.2, -0.15) is 0 Å². The highest BCUT2D eigenvalue weighted by Gasteiger charge is 2.20. The lowest BCUT2D eigenvalue weighted by Gasteiger charge is -2.26. The van der Waals surface area contributed by atoms with E-state index in [0.29, 0.717) is 22.7 Å². The van der Waals surface area contributed by atoms with Crippen molar-refractivity contribution in [2.45, 2.75) is 18.4 Å². The van der Waals surface area contributed by atoms with Crippen molar-refractivity contribution < 1.29 is 13.2 Å². The number of nitrogens with two attached hydrogens (primary N) is 1. The molecule has 4 rings (SSSR count). The van der Waals surface area contributed by atoms with E-state index in [1.165, 1.54) is 13.0 Å². The van der Waals surface area contributed by atoms with E-state index >= 15 is 0 Å². The van der Waals surface area contributed by atoms with E-state index in [-0.39, 0.29) is 10.8 Å². The first kappa shape index (κ1) is 20.3. The molecule has 0 spiro atoms. The maximum absolute atomic E-state index is 12.4. The quantitative estimate of drug-likeness (QED) is 0.630. The summed E-state index contributed by atoms with van der Waals surface area (Å²) in [5.41, 5.74) is 4.69. The van der Waals surface area contributed by atoms with Crippen molar-refractivity contribution in [3.63, 3.8) is 0 Å². The van der Waals surface area contributed by atoms with Gasteiger partial charge in [0, 0.05) is 17.5 Å². The smallest absolute Gasteiger partial charge is 0.238 e. The Kier molecular flexibility index (Phi) is 5.24. The summed E-state index contributed by atoms with van der Waals surface area (Å²) in [6.07, 6.45) is 3.89. The van der Waals surface area contributed by atoms with Gasteiger partial charge < -0.3 is 4.90 Å². The molecule has 1 amide bonds. The summed E-state index contributed by atoms with van der Waals surface area (Å²) in [4.78, 5) is 14.2. The van der Waals surface area contributed by atoms with Gasteiger partial charge >= 0.3 is 0 Å². The van der Waals surface area contributed by atoms with Crippen molar-refractivity contribution in [3.8, 4) is 11.1 Å². The van der Waals surface area contributed by atoms with Crippen LogP contribution in [0.15, 0.2) is 65.6 Å². The van der Waals surface area contributed by atoms with Crippen LogP contribution in [0.3, 0.4) is 0 Å². The molecule has 0 aromatic heterocycles. The maximum atomic E-state index is 12.4. The molecule has 0 bridgehead atoms. The molecule has 30 heavy (non-hydrogen) atoms. The van der Waals surface area contributed by atoms with E-state index in [1.807, 2.05) is 42.5 Å². The van der Waals surface area contributed by atoms with Crippen LogP contribution in [0.5, 0.6) is 0 Å². The lowest BCUT2D eigenvalue weighted by atomic mass is 9.96. The third kappa shape index (κ3) is 3.89. The summed E-state index contributed by atoms with van der Waals surface area (Å²) in [6, 6.07) is 17.7. The summed E-state index contributed by atoms with van der Waals surface area (Å²) in [5, 5.41) is 6.00. The normalized spacial score (nSPS) is 13.2. The van der Waals surface area contributed by atoms with Crippen LogP contribution in [0.4, 0.5) is 5.69 Å². The minimum absolute atomic E-state index is 0.0646. The number of amides is 1. The molecular weight excluding hydrogens is 420 g/mol. The summed E-state index contributed by atoms with van der Waals surface area (Å²) in [6.45, 7) is 1.86. The molecule has 5 nitrogen and oxygen atoms in total. The van der Waals surface area contributed by atoms with Gasteiger partial charge in [-0.3, -0.25) is 4.79 Å². The Morgan fingerprint density at radius 3 is 2.47 bits per heavy atom. The molecule has 3 aromatic carbocycles. The summed E-state index contributed by atoms with van der Waals surface area (Å²) in [5.74, 6) is -0.102. The first-order chi connectivity index (χ1) is 14.2. The Labute approximate surface area is 180 Å². The molecule has 3 aromatic rings. The highest BCUT2D eigenvalue weighted by molar-refractivity contribution is 7.89. The van der Waals surface area contributed by atoms with E-state index in [0.717, 1.165) is 22.4 Å². The van der Waals surface area contributed by atoms with E-state index in [9.17, 15) is 13.2 Å². The molecule has 0 radical (unpaired) electrons. The lowest BCUT2D eigenvalue weighted by molar-refractivity contribution is -0.116. The van der Waals surface area contributed by atoms with Crippen molar-refractivity contribution in [1.82, 2.24) is 0 Å². The van der Waals surface area contributed by atoms with Crippen LogP contribution >= 0.6 is 11.6 Å². The van der Waals surface area contributed by atoms with Crippen molar-refractivity contribution in [2.75, 3.05) is 4.90 Å². The number of benzene rings is 3. The first-order valence-electron chi connectivity index (χ1n) is 9.25. The van der Waals surface area contributed by atoms with Gasteiger partial charge in [0.25, 0.3) is 0 Å². The number of primary sulfonamides is 1. The van der Waals surface area contributed by atoms with Gasteiger partial charge in [-0.1, -0.05) is 54.1 Å². The molecule has 1 aliphatic rings. The minimum Gasteiger partial charge on any atom is -0.308 e. The van der Waals surface area contributed by atoms with Crippen LogP contribution < -0.4 is 10.0 Å².